The number of methoxy groups -OCH3 is 1. The first-order valence-electron chi connectivity index (χ1n) is 9.22. The lowest BCUT2D eigenvalue weighted by atomic mass is 10.2. The maximum absolute atomic E-state index is 12.5. The number of nitrogens with one attached hydrogen (secondary N) is 1. The molecule has 0 saturated heterocycles. The molecule has 0 bridgehead atoms. The maximum Gasteiger partial charge on any atom is 0.259 e. The molecule has 2 aromatic heterocycles. The summed E-state index contributed by atoms with van der Waals surface area (Å²) in [5.41, 5.74) is 0.743. The van der Waals surface area contributed by atoms with Crippen molar-refractivity contribution in [2.75, 3.05) is 7.11 Å². The number of nitrogens with zero attached hydrogens (tertiary/aromatic N) is 2. The summed E-state index contributed by atoms with van der Waals surface area (Å²) in [5.74, 6) is 1.44. The Morgan fingerprint density at radius 2 is 1.94 bits per heavy atom. The molecule has 0 saturated carbocycles. The van der Waals surface area contributed by atoms with Gasteiger partial charge in [-0.3, -0.25) is 4.79 Å². The highest BCUT2D eigenvalue weighted by Gasteiger charge is 2.12. The third-order valence-electron chi connectivity index (χ3n) is 4.67. The van der Waals surface area contributed by atoms with Crippen LogP contribution in [0.15, 0.2) is 68.7 Å². The fourth-order valence-corrected chi connectivity index (χ4v) is 3.58. The van der Waals surface area contributed by atoms with Gasteiger partial charge in [-0.05, 0) is 54.6 Å². The van der Waals surface area contributed by atoms with Crippen molar-refractivity contribution in [3.63, 3.8) is 0 Å². The van der Waals surface area contributed by atoms with Gasteiger partial charge < -0.3 is 14.1 Å². The van der Waals surface area contributed by atoms with Gasteiger partial charge in [-0.2, -0.15) is 5.26 Å². The average molecular weight is 448 g/mol. The molecule has 32 heavy (non-hydrogen) atoms. The van der Waals surface area contributed by atoms with E-state index >= 15 is 0 Å². The van der Waals surface area contributed by atoms with E-state index in [0.717, 1.165) is 0 Å². The van der Waals surface area contributed by atoms with Gasteiger partial charge in [-0.25, -0.2) is 18.5 Å². The number of nitriles is 1. The molecule has 2 aromatic carbocycles. The lowest BCUT2D eigenvalue weighted by molar-refractivity contribution is 0.415. The summed E-state index contributed by atoms with van der Waals surface area (Å²) >= 11 is 0. The van der Waals surface area contributed by atoms with Crippen LogP contribution in [0.5, 0.6) is 5.75 Å². The Morgan fingerprint density at radius 1 is 1.19 bits per heavy atom. The van der Waals surface area contributed by atoms with Crippen LogP contribution in [0.25, 0.3) is 33.9 Å². The number of rotatable bonds is 5. The second kappa shape index (κ2) is 8.14. The number of hydrogen-bond acceptors (Lipinski definition) is 7. The van der Waals surface area contributed by atoms with E-state index in [0.29, 0.717) is 33.7 Å². The van der Waals surface area contributed by atoms with E-state index in [2.05, 4.69) is 9.97 Å². The van der Waals surface area contributed by atoms with Crippen LogP contribution in [-0.2, 0) is 10.0 Å². The third-order valence-corrected chi connectivity index (χ3v) is 5.60. The predicted molar refractivity (Wildman–Crippen MR) is 118 cm³/mol. The molecular weight excluding hydrogens is 432 g/mol. The molecule has 0 aliphatic heterocycles. The second-order valence-electron chi connectivity index (χ2n) is 6.74. The van der Waals surface area contributed by atoms with Crippen LogP contribution >= 0.6 is 0 Å². The monoisotopic (exact) mass is 448 g/mol. The van der Waals surface area contributed by atoms with Crippen molar-refractivity contribution >= 4 is 32.6 Å². The van der Waals surface area contributed by atoms with E-state index in [-0.39, 0.29) is 16.3 Å². The van der Waals surface area contributed by atoms with Gasteiger partial charge in [-0.1, -0.05) is 0 Å². The molecule has 0 unspecified atom stereocenters. The van der Waals surface area contributed by atoms with Crippen LogP contribution in [0.3, 0.4) is 0 Å². The Labute approximate surface area is 182 Å². The normalized spacial score (nSPS) is 12.0. The van der Waals surface area contributed by atoms with Crippen LogP contribution < -0.4 is 15.4 Å². The lowest BCUT2D eigenvalue weighted by Crippen LogP contribution is -2.11. The van der Waals surface area contributed by atoms with Crippen molar-refractivity contribution in [1.29, 1.82) is 5.26 Å². The zero-order chi connectivity index (χ0) is 22.9. The van der Waals surface area contributed by atoms with Crippen molar-refractivity contribution < 1.29 is 17.6 Å². The van der Waals surface area contributed by atoms with Crippen molar-refractivity contribution in [3.8, 4) is 23.1 Å². The van der Waals surface area contributed by atoms with E-state index < -0.39 is 15.6 Å². The zero-order valence-corrected chi connectivity index (χ0v) is 17.5. The van der Waals surface area contributed by atoms with Crippen LogP contribution in [0, 0.1) is 11.3 Å². The average Bonchev–Trinajstić information content (AvgIpc) is 3.25. The highest BCUT2D eigenvalue weighted by atomic mass is 32.2. The van der Waals surface area contributed by atoms with E-state index in [4.69, 9.17) is 14.3 Å². The van der Waals surface area contributed by atoms with E-state index in [1.165, 1.54) is 25.3 Å². The van der Waals surface area contributed by atoms with Crippen LogP contribution in [0.4, 0.5) is 0 Å². The fraction of sp³-hybridized carbons (Fsp3) is 0.0455. The zero-order valence-electron chi connectivity index (χ0n) is 16.7. The first-order valence-corrected chi connectivity index (χ1v) is 10.8. The molecule has 3 N–H and O–H groups in total. The fourth-order valence-electron chi connectivity index (χ4n) is 3.06. The molecule has 160 valence electrons. The van der Waals surface area contributed by atoms with Gasteiger partial charge in [0.15, 0.2) is 5.82 Å². The summed E-state index contributed by atoms with van der Waals surface area (Å²) in [7, 11) is -2.29. The number of furan rings is 1. The molecule has 2 heterocycles. The summed E-state index contributed by atoms with van der Waals surface area (Å²) in [6, 6.07) is 16.1. The molecule has 0 radical (unpaired) electrons. The molecule has 9 nitrogen and oxygen atoms in total. The SMILES string of the molecule is COc1ccc2nc(/C(C#N)=C\c3ccc(-c4ccc(S(N)(=O)=O)cc4)o3)[nH]c(=O)c2c1. The Balaban J connectivity index is 1.68. The molecule has 4 rings (SSSR count). The van der Waals surface area contributed by atoms with Gasteiger partial charge in [0.1, 0.15) is 23.3 Å². The minimum absolute atomic E-state index is 0.0105. The Kier molecular flexibility index (Phi) is 5.36. The Morgan fingerprint density at radius 3 is 2.59 bits per heavy atom. The number of aromatic amines is 1. The first kappa shape index (κ1) is 21.0. The van der Waals surface area contributed by atoms with Gasteiger partial charge >= 0.3 is 0 Å². The first-order chi connectivity index (χ1) is 15.3. The van der Waals surface area contributed by atoms with E-state index in [1.807, 2.05) is 6.07 Å². The van der Waals surface area contributed by atoms with Crippen LogP contribution in [0.1, 0.15) is 11.6 Å². The Bertz CT molecular complexity index is 1560. The van der Waals surface area contributed by atoms with Crippen molar-refractivity contribution in [2.24, 2.45) is 5.14 Å². The van der Waals surface area contributed by atoms with E-state index in [9.17, 15) is 18.5 Å². The molecule has 0 atom stereocenters. The number of aromatic nitrogens is 2. The van der Waals surface area contributed by atoms with Crippen LogP contribution in [-0.4, -0.2) is 25.5 Å². The molecule has 0 aliphatic carbocycles. The minimum Gasteiger partial charge on any atom is -0.497 e. The number of sulfonamides is 1. The highest BCUT2D eigenvalue weighted by Crippen LogP contribution is 2.26. The van der Waals surface area contributed by atoms with E-state index in [1.54, 1.807) is 42.5 Å². The number of ether oxygens (including phenoxy) is 1. The third kappa shape index (κ3) is 4.15. The lowest BCUT2D eigenvalue weighted by Gasteiger charge is -2.04. The number of hydrogen-bond donors (Lipinski definition) is 2. The smallest absolute Gasteiger partial charge is 0.259 e. The van der Waals surface area contributed by atoms with Crippen molar-refractivity contribution in [3.05, 3.63) is 76.5 Å². The molecule has 0 aliphatic rings. The summed E-state index contributed by atoms with van der Waals surface area (Å²) in [6.45, 7) is 0. The molecule has 0 fully saturated rings. The molecule has 10 heteroatoms. The van der Waals surface area contributed by atoms with Gasteiger partial charge in [0.05, 0.1) is 28.5 Å². The van der Waals surface area contributed by atoms with Crippen molar-refractivity contribution in [1.82, 2.24) is 9.97 Å². The number of fused-ring (bicyclic) bond motifs is 1. The molecule has 0 spiro atoms. The molecule has 4 aromatic rings. The number of benzene rings is 2. The maximum atomic E-state index is 12.5. The molecule has 0 amide bonds. The summed E-state index contributed by atoms with van der Waals surface area (Å²) < 4.78 is 33.7. The van der Waals surface area contributed by atoms with Crippen molar-refractivity contribution in [2.45, 2.75) is 4.90 Å². The predicted octanol–water partition coefficient (Wildman–Crippen LogP) is 2.90. The Hall–Kier alpha value is -4.20. The largest absolute Gasteiger partial charge is 0.497 e. The van der Waals surface area contributed by atoms with Gasteiger partial charge in [0, 0.05) is 11.6 Å². The van der Waals surface area contributed by atoms with Crippen LogP contribution in [0.2, 0.25) is 0 Å². The molecular formula is C22H16N4O5S. The topological polar surface area (TPSA) is 152 Å². The highest BCUT2D eigenvalue weighted by molar-refractivity contribution is 7.89. The summed E-state index contributed by atoms with van der Waals surface area (Å²) in [4.78, 5) is 19.4. The number of H-pyrrole nitrogens is 1. The quantitative estimate of drug-likeness (QED) is 0.445. The number of primary sulfonamides is 1. The van der Waals surface area contributed by atoms with Gasteiger partial charge in [-0.15, -0.1) is 0 Å². The van der Waals surface area contributed by atoms with Gasteiger partial charge in [0.25, 0.3) is 5.56 Å². The number of nitrogens with two attached hydrogens (primary N) is 1. The summed E-state index contributed by atoms with van der Waals surface area (Å²) in [6.07, 6.45) is 1.45. The van der Waals surface area contributed by atoms with Gasteiger partial charge in [0.2, 0.25) is 10.0 Å². The summed E-state index contributed by atoms with van der Waals surface area (Å²) in [5, 5.41) is 15.1. The standard InChI is InChI=1S/C22H16N4O5S/c1-30-15-4-8-19-18(11-15)22(27)26-21(25-19)14(12-23)10-16-5-9-20(31-16)13-2-6-17(7-3-13)32(24,28)29/h2-11H,1H3,(H2,24,28,29)(H,25,26,27)/b14-10-. The minimum atomic E-state index is -3.79. The number of allylic oxidation sites excluding steroid dienone is 1. The second-order valence-corrected chi connectivity index (χ2v) is 8.30.